The zero-order valence-corrected chi connectivity index (χ0v) is 15.5. The minimum atomic E-state index is -3.10. The number of rotatable bonds is 6. The highest BCUT2D eigenvalue weighted by molar-refractivity contribution is 7.91. The van der Waals surface area contributed by atoms with Crippen LogP contribution in [0.5, 0.6) is 5.75 Å². The Balaban J connectivity index is 1.84. The summed E-state index contributed by atoms with van der Waals surface area (Å²) in [6, 6.07) is 6.28. The van der Waals surface area contributed by atoms with Gasteiger partial charge in [-0.15, -0.1) is 0 Å². The Hall–Kier alpha value is -1.80. The van der Waals surface area contributed by atoms with E-state index in [0.717, 1.165) is 0 Å². The molecule has 0 radical (unpaired) electrons. The molecule has 0 bridgehead atoms. The lowest BCUT2D eigenvalue weighted by molar-refractivity contribution is -0.160. The second kappa shape index (κ2) is 8.05. The molecule has 0 aromatic heterocycles. The summed E-state index contributed by atoms with van der Waals surface area (Å²) in [5.74, 6) is -0.824. The van der Waals surface area contributed by atoms with E-state index in [1.165, 1.54) is 18.9 Å². The molecule has 2 rings (SSSR count). The van der Waals surface area contributed by atoms with Crippen LogP contribution in [-0.2, 0) is 24.2 Å². The molecule has 7 nitrogen and oxygen atoms in total. The van der Waals surface area contributed by atoms with Gasteiger partial charge in [-0.3, -0.25) is 4.79 Å². The smallest absolute Gasteiger partial charge is 0.344 e. The number of para-hydroxylation sites is 1. The average molecular weight is 390 g/mol. The van der Waals surface area contributed by atoms with Gasteiger partial charge in [-0.1, -0.05) is 23.7 Å². The molecule has 0 spiro atoms. The molecule has 1 heterocycles. The SMILES string of the molecule is CC(OC(=O)COc1ccccc1Cl)C(=O)N(C)C1CCS(=O)(=O)C1. The lowest BCUT2D eigenvalue weighted by atomic mass is 10.2. The normalized spacial score (nSPS) is 19.9. The fourth-order valence-corrected chi connectivity index (χ4v) is 4.49. The van der Waals surface area contributed by atoms with Crippen molar-refractivity contribution in [2.45, 2.75) is 25.5 Å². The summed E-state index contributed by atoms with van der Waals surface area (Å²) in [6.07, 6.45) is -0.642. The van der Waals surface area contributed by atoms with Crippen molar-refractivity contribution >= 4 is 33.3 Å². The minimum absolute atomic E-state index is 0.0640. The molecule has 0 aliphatic carbocycles. The molecule has 0 saturated carbocycles. The predicted molar refractivity (Wildman–Crippen MR) is 92.3 cm³/mol. The molecule has 9 heteroatoms. The number of sulfone groups is 1. The Bertz CT molecular complexity index is 751. The first-order chi connectivity index (χ1) is 11.7. The van der Waals surface area contributed by atoms with Gasteiger partial charge in [0.05, 0.1) is 16.5 Å². The highest BCUT2D eigenvalue weighted by atomic mass is 35.5. The number of nitrogens with zero attached hydrogens (tertiary/aromatic N) is 1. The van der Waals surface area contributed by atoms with Crippen LogP contribution in [0, 0.1) is 0 Å². The first-order valence-electron chi connectivity index (χ1n) is 7.73. The van der Waals surface area contributed by atoms with Crippen molar-refractivity contribution in [3.05, 3.63) is 29.3 Å². The number of esters is 1. The lowest BCUT2D eigenvalue weighted by Crippen LogP contribution is -2.44. The van der Waals surface area contributed by atoms with Crippen molar-refractivity contribution in [3.63, 3.8) is 0 Å². The molecule has 138 valence electrons. The van der Waals surface area contributed by atoms with E-state index in [1.807, 2.05) is 0 Å². The molecule has 2 atom stereocenters. The fourth-order valence-electron chi connectivity index (χ4n) is 2.53. The molecule has 1 aliphatic rings. The van der Waals surface area contributed by atoms with Gasteiger partial charge < -0.3 is 14.4 Å². The Morgan fingerprint density at radius 3 is 2.64 bits per heavy atom. The van der Waals surface area contributed by atoms with E-state index in [9.17, 15) is 18.0 Å². The van der Waals surface area contributed by atoms with Crippen molar-refractivity contribution in [3.8, 4) is 5.75 Å². The highest BCUT2D eigenvalue weighted by Gasteiger charge is 2.34. The van der Waals surface area contributed by atoms with Gasteiger partial charge in [0.25, 0.3) is 5.91 Å². The van der Waals surface area contributed by atoms with Gasteiger partial charge in [-0.2, -0.15) is 0 Å². The molecule has 1 saturated heterocycles. The fraction of sp³-hybridized carbons (Fsp3) is 0.500. The van der Waals surface area contributed by atoms with Crippen molar-refractivity contribution in [1.82, 2.24) is 4.90 Å². The molecule has 1 aromatic rings. The van der Waals surface area contributed by atoms with E-state index in [1.54, 1.807) is 24.3 Å². The van der Waals surface area contributed by atoms with Crippen molar-refractivity contribution < 1.29 is 27.5 Å². The van der Waals surface area contributed by atoms with Gasteiger partial charge in [0, 0.05) is 13.1 Å². The minimum Gasteiger partial charge on any atom is -0.480 e. The summed E-state index contributed by atoms with van der Waals surface area (Å²) in [5, 5.41) is 0.363. The number of benzene rings is 1. The lowest BCUT2D eigenvalue weighted by Gasteiger charge is -2.26. The largest absolute Gasteiger partial charge is 0.480 e. The molecule has 2 unspecified atom stereocenters. The van der Waals surface area contributed by atoms with Gasteiger partial charge in [0.1, 0.15) is 5.75 Å². The number of likely N-dealkylation sites (N-methyl/N-ethyl adjacent to an activating group) is 1. The topological polar surface area (TPSA) is 90.0 Å². The summed E-state index contributed by atoms with van der Waals surface area (Å²) < 4.78 is 33.3. The van der Waals surface area contributed by atoms with E-state index in [2.05, 4.69) is 0 Å². The standard InChI is InChI=1S/C16H20ClNO6S/c1-11(16(20)18(2)12-7-8-25(21,22)10-12)24-15(19)9-23-14-6-4-3-5-13(14)17/h3-6,11-12H,7-10H2,1-2H3. The number of amides is 1. The second-order valence-corrected chi connectivity index (χ2v) is 8.49. The van der Waals surface area contributed by atoms with Crippen LogP contribution in [0.3, 0.4) is 0 Å². The molecular formula is C16H20ClNO6S. The zero-order valence-electron chi connectivity index (χ0n) is 14.0. The summed E-state index contributed by atoms with van der Waals surface area (Å²) >= 11 is 5.91. The summed E-state index contributed by atoms with van der Waals surface area (Å²) in [5.41, 5.74) is 0. The second-order valence-electron chi connectivity index (χ2n) is 5.86. The summed E-state index contributed by atoms with van der Waals surface area (Å²) in [7, 11) is -1.59. The van der Waals surface area contributed by atoms with Crippen LogP contribution >= 0.6 is 11.6 Å². The molecular weight excluding hydrogens is 370 g/mol. The average Bonchev–Trinajstić information content (AvgIpc) is 2.92. The van der Waals surface area contributed by atoms with Crippen LogP contribution in [0.25, 0.3) is 0 Å². The first kappa shape index (κ1) is 19.5. The Kier molecular flexibility index (Phi) is 6.29. The zero-order chi connectivity index (χ0) is 18.6. The Morgan fingerprint density at radius 1 is 1.36 bits per heavy atom. The summed E-state index contributed by atoms with van der Waals surface area (Å²) in [6.45, 7) is 1.05. The number of halogens is 1. The quantitative estimate of drug-likeness (QED) is 0.681. The van der Waals surface area contributed by atoms with Gasteiger partial charge >= 0.3 is 5.97 Å². The summed E-state index contributed by atoms with van der Waals surface area (Å²) in [4.78, 5) is 25.5. The third-order valence-electron chi connectivity index (χ3n) is 3.94. The van der Waals surface area contributed by atoms with Crippen molar-refractivity contribution in [1.29, 1.82) is 0 Å². The van der Waals surface area contributed by atoms with Crippen molar-refractivity contribution in [2.24, 2.45) is 0 Å². The molecule has 1 aliphatic heterocycles. The van der Waals surface area contributed by atoms with E-state index in [4.69, 9.17) is 21.1 Å². The number of hydrogen-bond donors (Lipinski definition) is 0. The third-order valence-corrected chi connectivity index (χ3v) is 6.00. The monoisotopic (exact) mass is 389 g/mol. The Morgan fingerprint density at radius 2 is 2.04 bits per heavy atom. The Labute approximate surface area is 151 Å². The number of hydrogen-bond acceptors (Lipinski definition) is 6. The molecule has 0 N–H and O–H groups in total. The van der Waals surface area contributed by atoms with Gasteiger partial charge in [0.15, 0.2) is 22.5 Å². The van der Waals surface area contributed by atoms with Gasteiger partial charge in [-0.05, 0) is 25.5 Å². The maximum Gasteiger partial charge on any atom is 0.344 e. The number of carbonyl (C=O) groups is 2. The maximum atomic E-state index is 12.3. The predicted octanol–water partition coefficient (Wildman–Crippen LogP) is 1.30. The van der Waals surface area contributed by atoms with E-state index in [-0.39, 0.29) is 18.1 Å². The van der Waals surface area contributed by atoms with Crippen LogP contribution in [0.1, 0.15) is 13.3 Å². The maximum absolute atomic E-state index is 12.3. The first-order valence-corrected chi connectivity index (χ1v) is 9.93. The number of ether oxygens (including phenoxy) is 2. The van der Waals surface area contributed by atoms with E-state index in [0.29, 0.717) is 17.2 Å². The number of carbonyl (C=O) groups excluding carboxylic acids is 2. The van der Waals surface area contributed by atoms with Gasteiger partial charge in [0.2, 0.25) is 0 Å². The third kappa shape index (κ3) is 5.34. The van der Waals surface area contributed by atoms with Crippen LogP contribution in [0.2, 0.25) is 5.02 Å². The molecule has 1 fully saturated rings. The van der Waals surface area contributed by atoms with Crippen LogP contribution < -0.4 is 4.74 Å². The van der Waals surface area contributed by atoms with Crippen molar-refractivity contribution in [2.75, 3.05) is 25.2 Å². The van der Waals surface area contributed by atoms with Crippen LogP contribution in [0.4, 0.5) is 0 Å². The van der Waals surface area contributed by atoms with Crippen LogP contribution in [0.15, 0.2) is 24.3 Å². The molecule has 25 heavy (non-hydrogen) atoms. The molecule has 1 amide bonds. The molecule has 1 aromatic carbocycles. The van der Waals surface area contributed by atoms with E-state index < -0.39 is 33.9 Å². The van der Waals surface area contributed by atoms with Crippen LogP contribution in [-0.4, -0.2) is 62.5 Å². The highest BCUT2D eigenvalue weighted by Crippen LogP contribution is 2.23. The van der Waals surface area contributed by atoms with E-state index >= 15 is 0 Å². The van der Waals surface area contributed by atoms with Gasteiger partial charge in [-0.25, -0.2) is 13.2 Å².